The molecule has 0 N–H and O–H groups in total. The molecule has 4 rings (SSSR count). The minimum Gasteiger partial charge on any atom is -0.299 e. The molecule has 4 aliphatic carbocycles. The van der Waals surface area contributed by atoms with E-state index >= 15 is 0 Å². The first-order chi connectivity index (χ1) is 10.0. The zero-order valence-corrected chi connectivity index (χ0v) is 12.1. The molecule has 0 heterocycles. The van der Waals surface area contributed by atoms with Crippen LogP contribution >= 0.6 is 0 Å². The van der Waals surface area contributed by atoms with Gasteiger partial charge in [0.2, 0.25) is 11.6 Å². The lowest BCUT2D eigenvalue weighted by Gasteiger charge is -2.44. The molecule has 0 saturated heterocycles. The number of ketones is 3. The van der Waals surface area contributed by atoms with Crippen molar-refractivity contribution in [1.29, 1.82) is 0 Å². The first kappa shape index (κ1) is 12.9. The number of allylic oxidation sites excluding steroid dienone is 6. The third-order valence-corrected chi connectivity index (χ3v) is 5.96. The molecular weight excluding hydrogens is 264 g/mol. The van der Waals surface area contributed by atoms with Gasteiger partial charge in [-0.15, -0.1) is 0 Å². The summed E-state index contributed by atoms with van der Waals surface area (Å²) in [6.45, 7) is 2.11. The Kier molecular flexibility index (Phi) is 2.54. The average Bonchev–Trinajstić information content (AvgIpc) is 2.76. The number of carbonyl (C=O) groups is 3. The molecule has 108 valence electrons. The Labute approximate surface area is 123 Å². The molecule has 0 amide bonds. The van der Waals surface area contributed by atoms with Crippen molar-refractivity contribution in [2.24, 2.45) is 17.3 Å². The lowest BCUT2D eigenvalue weighted by atomic mass is 9.58. The van der Waals surface area contributed by atoms with Crippen LogP contribution in [0.1, 0.15) is 39.0 Å². The highest BCUT2D eigenvalue weighted by molar-refractivity contribution is 6.46. The Morgan fingerprint density at radius 3 is 2.67 bits per heavy atom. The maximum Gasteiger partial charge on any atom is 0.226 e. The highest BCUT2D eigenvalue weighted by Gasteiger charge is 2.52. The van der Waals surface area contributed by atoms with E-state index in [0.29, 0.717) is 18.1 Å². The maximum absolute atomic E-state index is 12.2. The van der Waals surface area contributed by atoms with E-state index in [9.17, 15) is 14.4 Å². The molecule has 21 heavy (non-hydrogen) atoms. The van der Waals surface area contributed by atoms with Gasteiger partial charge in [0.1, 0.15) is 5.78 Å². The summed E-state index contributed by atoms with van der Waals surface area (Å²) < 4.78 is 0. The number of hydrogen-bond acceptors (Lipinski definition) is 3. The van der Waals surface area contributed by atoms with E-state index in [1.165, 1.54) is 11.6 Å². The quantitative estimate of drug-likeness (QED) is 0.390. The number of fused-ring (bicyclic) bond motifs is 5. The van der Waals surface area contributed by atoms with Gasteiger partial charge in [0.05, 0.1) is 0 Å². The Balaban J connectivity index is 1.78. The highest BCUT2D eigenvalue weighted by atomic mass is 16.2. The molecule has 0 aromatic carbocycles. The fraction of sp³-hybridized carbons (Fsp3) is 0.500. The molecule has 0 aromatic rings. The second-order valence-electron chi connectivity index (χ2n) is 6.93. The first-order valence-corrected chi connectivity index (χ1v) is 7.75. The van der Waals surface area contributed by atoms with Crippen molar-refractivity contribution in [2.45, 2.75) is 39.0 Å². The largest absolute Gasteiger partial charge is 0.299 e. The summed E-state index contributed by atoms with van der Waals surface area (Å²) in [5, 5.41) is 0. The highest BCUT2D eigenvalue weighted by Crippen LogP contribution is 2.57. The van der Waals surface area contributed by atoms with E-state index in [2.05, 4.69) is 13.0 Å². The summed E-state index contributed by atoms with van der Waals surface area (Å²) in [4.78, 5) is 35.5. The summed E-state index contributed by atoms with van der Waals surface area (Å²) in [6.07, 6.45) is 9.43. The van der Waals surface area contributed by atoms with Gasteiger partial charge in [0.25, 0.3) is 0 Å². The van der Waals surface area contributed by atoms with E-state index in [-0.39, 0.29) is 11.3 Å². The summed E-state index contributed by atoms with van der Waals surface area (Å²) in [7, 11) is 0. The van der Waals surface area contributed by atoms with E-state index < -0.39 is 11.6 Å². The first-order valence-electron chi connectivity index (χ1n) is 7.75. The van der Waals surface area contributed by atoms with Crippen molar-refractivity contribution in [3.05, 3.63) is 34.9 Å². The van der Waals surface area contributed by atoms with Gasteiger partial charge in [-0.25, -0.2) is 0 Å². The molecule has 2 saturated carbocycles. The molecule has 0 unspecified atom stereocenters. The average molecular weight is 282 g/mol. The van der Waals surface area contributed by atoms with E-state index in [1.54, 1.807) is 6.08 Å². The van der Waals surface area contributed by atoms with Crippen LogP contribution in [0.25, 0.3) is 0 Å². The smallest absolute Gasteiger partial charge is 0.226 e. The lowest BCUT2D eigenvalue weighted by molar-refractivity contribution is -0.131. The third-order valence-electron chi connectivity index (χ3n) is 5.96. The number of carbonyl (C=O) groups excluding carboxylic acids is 3. The molecule has 0 aliphatic heterocycles. The van der Waals surface area contributed by atoms with Crippen molar-refractivity contribution in [3.8, 4) is 0 Å². The third kappa shape index (κ3) is 1.63. The molecule has 2 fully saturated rings. The molecule has 3 heteroatoms. The predicted octanol–water partition coefficient (Wildman–Crippen LogP) is 2.72. The molecule has 0 aromatic heterocycles. The summed E-state index contributed by atoms with van der Waals surface area (Å²) in [5.74, 6) is 0.176. The molecule has 4 aliphatic rings. The van der Waals surface area contributed by atoms with E-state index in [4.69, 9.17) is 0 Å². The van der Waals surface area contributed by atoms with Gasteiger partial charge >= 0.3 is 0 Å². The minimum atomic E-state index is -0.401. The summed E-state index contributed by atoms with van der Waals surface area (Å²) in [6, 6.07) is 0. The van der Waals surface area contributed by atoms with Crippen LogP contribution in [0, 0.1) is 17.3 Å². The van der Waals surface area contributed by atoms with E-state index in [0.717, 1.165) is 36.8 Å². The van der Waals surface area contributed by atoms with Crippen LogP contribution in [0.4, 0.5) is 0 Å². The number of hydrogen-bond donors (Lipinski definition) is 0. The number of rotatable bonds is 0. The SMILES string of the molecule is C[C@]12CC[C@@H]3C4=CC(=O)C(=O)C=C4CC=C3[C@@H]1CCC2=O. The van der Waals surface area contributed by atoms with Crippen LogP contribution < -0.4 is 0 Å². The van der Waals surface area contributed by atoms with Gasteiger partial charge in [-0.1, -0.05) is 18.6 Å². The fourth-order valence-electron chi connectivity index (χ4n) is 4.74. The Bertz CT molecular complexity index is 677. The molecule has 0 spiro atoms. The summed E-state index contributed by atoms with van der Waals surface area (Å²) >= 11 is 0. The maximum atomic E-state index is 12.2. The van der Waals surface area contributed by atoms with Gasteiger partial charge < -0.3 is 0 Å². The van der Waals surface area contributed by atoms with Crippen LogP contribution in [0.3, 0.4) is 0 Å². The Morgan fingerprint density at radius 2 is 1.86 bits per heavy atom. The second-order valence-corrected chi connectivity index (χ2v) is 6.93. The zero-order chi connectivity index (χ0) is 14.8. The number of Topliss-reactive ketones (excluding diaryl/α,β-unsaturated/α-hetero) is 1. The van der Waals surface area contributed by atoms with Crippen molar-refractivity contribution in [2.75, 3.05) is 0 Å². The van der Waals surface area contributed by atoms with Crippen LogP contribution in [-0.2, 0) is 14.4 Å². The fourth-order valence-corrected chi connectivity index (χ4v) is 4.74. The van der Waals surface area contributed by atoms with Gasteiger partial charge in [0.15, 0.2) is 0 Å². The van der Waals surface area contributed by atoms with Gasteiger partial charge in [-0.2, -0.15) is 0 Å². The van der Waals surface area contributed by atoms with Crippen LogP contribution in [0.2, 0.25) is 0 Å². The standard InChI is InChI=1S/C18H18O3/c1-18-7-6-11-12(14(18)4-5-17(18)21)3-2-10-8-15(19)16(20)9-13(10)11/h3,8-9,11,14H,2,4-7H2,1H3/t11-,14-,18-/m0/s1. The van der Waals surface area contributed by atoms with Crippen LogP contribution in [0.5, 0.6) is 0 Å². The Hall–Kier alpha value is -1.77. The van der Waals surface area contributed by atoms with E-state index in [1.807, 2.05) is 0 Å². The lowest BCUT2D eigenvalue weighted by Crippen LogP contribution is -2.39. The van der Waals surface area contributed by atoms with Crippen LogP contribution in [-0.4, -0.2) is 17.3 Å². The topological polar surface area (TPSA) is 51.2 Å². The van der Waals surface area contributed by atoms with Crippen molar-refractivity contribution >= 4 is 17.3 Å². The molecular formula is C18H18O3. The minimum absolute atomic E-state index is 0.196. The Morgan fingerprint density at radius 1 is 1.10 bits per heavy atom. The molecule has 3 nitrogen and oxygen atoms in total. The monoisotopic (exact) mass is 282 g/mol. The molecule has 3 atom stereocenters. The predicted molar refractivity (Wildman–Crippen MR) is 77.4 cm³/mol. The van der Waals surface area contributed by atoms with Crippen molar-refractivity contribution in [1.82, 2.24) is 0 Å². The second kappa shape index (κ2) is 4.12. The zero-order valence-electron chi connectivity index (χ0n) is 12.1. The normalized spacial score (nSPS) is 38.1. The van der Waals surface area contributed by atoms with Gasteiger partial charge in [-0.3, -0.25) is 14.4 Å². The van der Waals surface area contributed by atoms with Gasteiger partial charge in [0, 0.05) is 17.8 Å². The van der Waals surface area contributed by atoms with Gasteiger partial charge in [-0.05, 0) is 54.9 Å². The summed E-state index contributed by atoms with van der Waals surface area (Å²) in [5.41, 5.74) is 3.19. The molecule has 0 bridgehead atoms. The van der Waals surface area contributed by atoms with Crippen molar-refractivity contribution < 1.29 is 14.4 Å². The van der Waals surface area contributed by atoms with Crippen LogP contribution in [0.15, 0.2) is 34.9 Å². The van der Waals surface area contributed by atoms with Crippen molar-refractivity contribution in [3.63, 3.8) is 0 Å². The molecule has 0 radical (unpaired) electrons.